The van der Waals surface area contributed by atoms with Crippen LogP contribution in [0.25, 0.3) is 6.08 Å². The van der Waals surface area contributed by atoms with E-state index >= 15 is 0 Å². The number of hydrogen-bond acceptors (Lipinski definition) is 5. The van der Waals surface area contributed by atoms with Crippen molar-refractivity contribution in [2.24, 2.45) is 4.99 Å². The number of amides is 1. The molecule has 0 atom stereocenters. The van der Waals surface area contributed by atoms with E-state index in [1.54, 1.807) is 13.2 Å². The highest BCUT2D eigenvalue weighted by atomic mass is 79.9. The van der Waals surface area contributed by atoms with Crippen LogP contribution in [-0.4, -0.2) is 18.2 Å². The Balaban J connectivity index is 1.55. The normalized spacial score (nSPS) is 15.7. The highest BCUT2D eigenvalue weighted by Crippen LogP contribution is 2.39. The van der Waals surface area contributed by atoms with Crippen molar-refractivity contribution >= 4 is 78.1 Å². The third kappa shape index (κ3) is 6.00. The van der Waals surface area contributed by atoms with E-state index < -0.39 is 0 Å². The zero-order valence-corrected chi connectivity index (χ0v) is 22.0. The molecule has 9 heteroatoms. The first kappa shape index (κ1) is 23.9. The quantitative estimate of drug-likeness (QED) is 0.298. The van der Waals surface area contributed by atoms with E-state index in [1.165, 1.54) is 11.8 Å². The first-order valence-corrected chi connectivity index (χ1v) is 12.5. The molecule has 4 rings (SSSR count). The summed E-state index contributed by atoms with van der Waals surface area (Å²) in [6, 6.07) is 18.8. The summed E-state index contributed by atoms with van der Waals surface area (Å²) in [5.41, 5.74) is 2.40. The van der Waals surface area contributed by atoms with E-state index in [1.807, 2.05) is 60.7 Å². The molecule has 1 fully saturated rings. The molecule has 1 saturated heterocycles. The number of halogens is 3. The predicted molar refractivity (Wildman–Crippen MR) is 141 cm³/mol. The molecule has 0 spiro atoms. The van der Waals surface area contributed by atoms with Crippen LogP contribution in [0.5, 0.6) is 11.5 Å². The number of nitrogens with one attached hydrogen (secondary N) is 1. The second kappa shape index (κ2) is 10.8. The first-order chi connectivity index (χ1) is 15.9. The molecule has 3 aromatic rings. The van der Waals surface area contributed by atoms with E-state index in [4.69, 9.17) is 21.1 Å². The number of rotatable bonds is 6. The summed E-state index contributed by atoms with van der Waals surface area (Å²) in [5, 5.41) is 3.96. The van der Waals surface area contributed by atoms with E-state index in [-0.39, 0.29) is 5.91 Å². The molecular weight excluding hydrogens is 592 g/mol. The summed E-state index contributed by atoms with van der Waals surface area (Å²) in [4.78, 5) is 17.5. The van der Waals surface area contributed by atoms with Gasteiger partial charge in [-0.1, -0.05) is 51.8 Å². The van der Waals surface area contributed by atoms with Gasteiger partial charge in [0.25, 0.3) is 5.91 Å². The van der Waals surface area contributed by atoms with Crippen molar-refractivity contribution < 1.29 is 14.3 Å². The summed E-state index contributed by atoms with van der Waals surface area (Å²) in [7, 11) is 1.57. The Morgan fingerprint density at radius 1 is 1.12 bits per heavy atom. The average molecular weight is 609 g/mol. The van der Waals surface area contributed by atoms with Crippen molar-refractivity contribution in [2.45, 2.75) is 6.61 Å². The van der Waals surface area contributed by atoms with Crippen molar-refractivity contribution in [3.8, 4) is 11.5 Å². The summed E-state index contributed by atoms with van der Waals surface area (Å²) < 4.78 is 13.1. The van der Waals surface area contributed by atoms with Gasteiger partial charge in [0.15, 0.2) is 16.7 Å². The van der Waals surface area contributed by atoms with Crippen LogP contribution in [0.3, 0.4) is 0 Å². The van der Waals surface area contributed by atoms with Crippen molar-refractivity contribution in [2.75, 3.05) is 7.11 Å². The van der Waals surface area contributed by atoms with Crippen LogP contribution in [0.15, 0.2) is 79.5 Å². The minimum absolute atomic E-state index is 0.206. The van der Waals surface area contributed by atoms with Crippen molar-refractivity contribution in [3.05, 3.63) is 90.7 Å². The third-order valence-electron chi connectivity index (χ3n) is 4.57. The molecule has 1 heterocycles. The van der Waals surface area contributed by atoms with Crippen molar-refractivity contribution in [1.29, 1.82) is 0 Å². The molecule has 0 aromatic heterocycles. The van der Waals surface area contributed by atoms with Gasteiger partial charge in [-0.25, -0.2) is 4.99 Å². The monoisotopic (exact) mass is 606 g/mol. The molecule has 33 heavy (non-hydrogen) atoms. The summed E-state index contributed by atoms with van der Waals surface area (Å²) >= 11 is 14.5. The van der Waals surface area contributed by atoms with E-state index in [0.29, 0.717) is 37.7 Å². The number of amidine groups is 1. The molecule has 3 aromatic carbocycles. The number of aliphatic imine (C=N–C) groups is 1. The number of methoxy groups -OCH3 is 1. The molecule has 1 aliphatic heterocycles. The van der Waals surface area contributed by atoms with E-state index in [9.17, 15) is 4.79 Å². The van der Waals surface area contributed by atoms with Crippen LogP contribution in [-0.2, 0) is 11.4 Å². The average Bonchev–Trinajstić information content (AvgIpc) is 3.12. The molecule has 0 saturated carbocycles. The number of hydrogen-bond donors (Lipinski definition) is 1. The predicted octanol–water partition coefficient (Wildman–Crippen LogP) is 7.34. The Hall–Kier alpha value is -2.26. The number of carbonyl (C=O) groups excluding carboxylic acids is 1. The number of thioether (sulfide) groups is 1. The molecule has 168 valence electrons. The standard InChI is InChI=1S/C24H17Br2ClN2O3S/c1-31-20-10-14(9-18(26)22(20)32-13-15-5-2-3-8-19(15)27)11-21-23(30)29-24(33-21)28-17-7-4-6-16(25)12-17/h2-12H,13H2,1H3,(H,28,29,30)/b21-11+. The van der Waals surface area contributed by atoms with Gasteiger partial charge in [-0.15, -0.1) is 0 Å². The van der Waals surface area contributed by atoms with Gasteiger partial charge in [-0.2, -0.15) is 0 Å². The molecule has 5 nitrogen and oxygen atoms in total. The van der Waals surface area contributed by atoms with Crippen LogP contribution < -0.4 is 14.8 Å². The third-order valence-corrected chi connectivity index (χ3v) is 6.93. The first-order valence-electron chi connectivity index (χ1n) is 9.72. The highest BCUT2D eigenvalue weighted by molar-refractivity contribution is 9.10. The lowest BCUT2D eigenvalue weighted by Gasteiger charge is -2.14. The zero-order valence-electron chi connectivity index (χ0n) is 17.3. The fourth-order valence-electron chi connectivity index (χ4n) is 3.02. The number of carbonyl (C=O) groups is 1. The summed E-state index contributed by atoms with van der Waals surface area (Å²) in [5.74, 6) is 0.887. The maximum Gasteiger partial charge on any atom is 0.264 e. The van der Waals surface area contributed by atoms with Gasteiger partial charge in [-0.3, -0.25) is 4.79 Å². The van der Waals surface area contributed by atoms with Crippen LogP contribution in [0, 0.1) is 0 Å². The molecule has 1 aliphatic rings. The van der Waals surface area contributed by atoms with Gasteiger partial charge in [0.2, 0.25) is 0 Å². The van der Waals surface area contributed by atoms with Crippen LogP contribution >= 0.6 is 55.2 Å². The van der Waals surface area contributed by atoms with Crippen LogP contribution in [0.2, 0.25) is 5.02 Å². The van der Waals surface area contributed by atoms with Gasteiger partial charge < -0.3 is 14.8 Å². The lowest BCUT2D eigenvalue weighted by Crippen LogP contribution is -2.19. The maximum absolute atomic E-state index is 12.5. The fraction of sp³-hybridized carbons (Fsp3) is 0.0833. The van der Waals surface area contributed by atoms with Gasteiger partial charge in [-0.05, 0) is 75.7 Å². The molecule has 0 unspecified atom stereocenters. The van der Waals surface area contributed by atoms with Gasteiger partial charge in [0, 0.05) is 15.1 Å². The SMILES string of the molecule is COc1cc(/C=C2/SC(=Nc3cccc(Br)c3)NC2=O)cc(Br)c1OCc1ccccc1Cl. The summed E-state index contributed by atoms with van der Waals surface area (Å²) in [6.07, 6.45) is 1.79. The minimum Gasteiger partial charge on any atom is -0.493 e. The topological polar surface area (TPSA) is 59.9 Å². The Morgan fingerprint density at radius 2 is 1.94 bits per heavy atom. The molecular formula is C24H17Br2ClN2O3S. The number of benzene rings is 3. The minimum atomic E-state index is -0.206. The van der Waals surface area contributed by atoms with Crippen molar-refractivity contribution in [1.82, 2.24) is 5.32 Å². The van der Waals surface area contributed by atoms with Gasteiger partial charge >= 0.3 is 0 Å². The fourth-order valence-corrected chi connectivity index (χ4v) is 5.02. The van der Waals surface area contributed by atoms with Crippen LogP contribution in [0.1, 0.15) is 11.1 Å². The van der Waals surface area contributed by atoms with E-state index in [2.05, 4.69) is 42.2 Å². The Kier molecular flexibility index (Phi) is 7.80. The van der Waals surface area contributed by atoms with Crippen molar-refractivity contribution in [3.63, 3.8) is 0 Å². The molecule has 0 aliphatic carbocycles. The molecule has 1 N–H and O–H groups in total. The second-order valence-electron chi connectivity index (χ2n) is 6.88. The Bertz CT molecular complexity index is 1280. The Morgan fingerprint density at radius 3 is 2.70 bits per heavy atom. The Labute approximate surface area is 217 Å². The highest BCUT2D eigenvalue weighted by Gasteiger charge is 2.24. The van der Waals surface area contributed by atoms with Gasteiger partial charge in [0.05, 0.1) is 22.2 Å². The van der Waals surface area contributed by atoms with Crippen LogP contribution in [0.4, 0.5) is 5.69 Å². The zero-order chi connectivity index (χ0) is 23.4. The lowest BCUT2D eigenvalue weighted by molar-refractivity contribution is -0.115. The number of ether oxygens (including phenoxy) is 2. The van der Waals surface area contributed by atoms with E-state index in [0.717, 1.165) is 21.3 Å². The molecule has 0 bridgehead atoms. The summed E-state index contributed by atoms with van der Waals surface area (Å²) in [6.45, 7) is 0.294. The lowest BCUT2D eigenvalue weighted by atomic mass is 10.2. The molecule has 0 radical (unpaired) electrons. The molecule has 1 amide bonds. The maximum atomic E-state index is 12.5. The van der Waals surface area contributed by atoms with Gasteiger partial charge in [0.1, 0.15) is 6.61 Å². The largest absolute Gasteiger partial charge is 0.493 e. The smallest absolute Gasteiger partial charge is 0.264 e. The number of nitrogens with zero attached hydrogens (tertiary/aromatic N) is 1. The second-order valence-corrected chi connectivity index (χ2v) is 10.1.